The van der Waals surface area contributed by atoms with E-state index >= 15 is 0 Å². The average Bonchev–Trinajstić information content (AvgIpc) is 3.03. The highest BCUT2D eigenvalue weighted by Gasteiger charge is 2.45. The first-order valence-corrected chi connectivity index (χ1v) is 8.33. The zero-order valence-corrected chi connectivity index (χ0v) is 13.9. The molecule has 1 unspecified atom stereocenters. The van der Waals surface area contributed by atoms with Crippen LogP contribution in [0.5, 0.6) is 0 Å². The van der Waals surface area contributed by atoms with Gasteiger partial charge in [-0.15, -0.1) is 5.10 Å². The van der Waals surface area contributed by atoms with Crippen molar-refractivity contribution < 1.29 is 10.2 Å². The molecule has 3 heterocycles. The number of hydrogen-bond donors (Lipinski definition) is 2. The quantitative estimate of drug-likeness (QED) is 0.562. The molecule has 0 radical (unpaired) electrons. The summed E-state index contributed by atoms with van der Waals surface area (Å²) in [5.41, 5.74) is 0.797. The predicted molar refractivity (Wildman–Crippen MR) is 91.9 cm³/mol. The smallest absolute Gasteiger partial charge is 0.281 e. The summed E-state index contributed by atoms with van der Waals surface area (Å²) in [7, 11) is 0. The zero-order valence-electron chi connectivity index (χ0n) is 13.9. The van der Waals surface area contributed by atoms with Gasteiger partial charge in [0.2, 0.25) is 0 Å². The van der Waals surface area contributed by atoms with Crippen LogP contribution in [-0.4, -0.2) is 39.2 Å². The number of benzene rings is 1. The van der Waals surface area contributed by atoms with Crippen molar-refractivity contribution >= 4 is 16.6 Å². The van der Waals surface area contributed by atoms with Crippen molar-refractivity contribution in [3.8, 4) is 5.82 Å². The Morgan fingerprint density at radius 1 is 1.23 bits per heavy atom. The molecule has 1 aliphatic rings. The number of nitrogens with zero attached hydrogens (tertiary/aromatic N) is 6. The van der Waals surface area contributed by atoms with Crippen molar-refractivity contribution in [2.45, 2.75) is 31.6 Å². The lowest BCUT2D eigenvalue weighted by molar-refractivity contribution is 0.126. The van der Waals surface area contributed by atoms with E-state index in [2.05, 4.69) is 15.3 Å². The Morgan fingerprint density at radius 2 is 1.96 bits per heavy atom. The van der Waals surface area contributed by atoms with Crippen LogP contribution in [0.4, 0.5) is 0 Å². The standard InChI is InChI=1S/C17H16N6O3/c1-10(24)23-12-5-3-2-4-11(12)21-9-18-15(14(21)16(23)25)22-8-13(19-20-22)17(26)6-7-17/h2-5,8-10,24,26H,6-7H2,1H3. The van der Waals surface area contributed by atoms with Crippen LogP contribution in [0.15, 0.2) is 41.6 Å². The molecule has 1 aliphatic carbocycles. The van der Waals surface area contributed by atoms with Gasteiger partial charge in [-0.05, 0) is 31.9 Å². The van der Waals surface area contributed by atoms with E-state index in [1.165, 1.54) is 16.2 Å². The van der Waals surface area contributed by atoms with Crippen LogP contribution in [-0.2, 0) is 5.60 Å². The fraction of sp³-hybridized carbons (Fsp3) is 0.294. The summed E-state index contributed by atoms with van der Waals surface area (Å²) >= 11 is 0. The maximum Gasteiger partial charge on any atom is 0.281 e. The van der Waals surface area contributed by atoms with Gasteiger partial charge in [0.1, 0.15) is 23.9 Å². The molecule has 0 aliphatic heterocycles. The third-order valence-corrected chi connectivity index (χ3v) is 4.85. The van der Waals surface area contributed by atoms with Gasteiger partial charge in [-0.25, -0.2) is 4.98 Å². The molecular formula is C17H16N6O3. The molecule has 3 aromatic heterocycles. The lowest BCUT2D eigenvalue weighted by Gasteiger charge is -2.14. The molecule has 1 aromatic carbocycles. The molecular weight excluding hydrogens is 336 g/mol. The lowest BCUT2D eigenvalue weighted by Crippen LogP contribution is -2.26. The van der Waals surface area contributed by atoms with E-state index in [4.69, 9.17) is 0 Å². The number of imidazole rings is 1. The second kappa shape index (κ2) is 4.99. The van der Waals surface area contributed by atoms with Crippen LogP contribution < -0.4 is 5.56 Å². The Kier molecular flexibility index (Phi) is 2.92. The maximum atomic E-state index is 13.1. The number of rotatable bonds is 3. The summed E-state index contributed by atoms with van der Waals surface area (Å²) in [4.78, 5) is 17.4. The number of hydrogen-bond acceptors (Lipinski definition) is 6. The van der Waals surface area contributed by atoms with Gasteiger partial charge in [0.15, 0.2) is 11.3 Å². The van der Waals surface area contributed by atoms with Gasteiger partial charge < -0.3 is 10.2 Å². The lowest BCUT2D eigenvalue weighted by atomic mass is 10.2. The highest BCUT2D eigenvalue weighted by atomic mass is 16.3. The fourth-order valence-corrected chi connectivity index (χ4v) is 3.31. The molecule has 5 rings (SSSR count). The summed E-state index contributed by atoms with van der Waals surface area (Å²) in [5, 5.41) is 28.4. The minimum absolute atomic E-state index is 0.281. The van der Waals surface area contributed by atoms with Crippen LogP contribution >= 0.6 is 0 Å². The van der Waals surface area contributed by atoms with E-state index in [0.29, 0.717) is 29.9 Å². The first-order valence-electron chi connectivity index (χ1n) is 8.33. The van der Waals surface area contributed by atoms with Gasteiger partial charge >= 0.3 is 0 Å². The fourth-order valence-electron chi connectivity index (χ4n) is 3.31. The van der Waals surface area contributed by atoms with E-state index < -0.39 is 11.8 Å². The van der Waals surface area contributed by atoms with Crippen LogP contribution in [0.25, 0.3) is 22.4 Å². The van der Waals surface area contributed by atoms with Crippen LogP contribution in [0, 0.1) is 0 Å². The van der Waals surface area contributed by atoms with Crippen molar-refractivity contribution in [3.63, 3.8) is 0 Å². The number of para-hydroxylation sites is 2. The molecule has 1 atom stereocenters. The van der Waals surface area contributed by atoms with E-state index in [0.717, 1.165) is 5.52 Å². The maximum absolute atomic E-state index is 13.1. The highest BCUT2D eigenvalue weighted by Crippen LogP contribution is 2.44. The zero-order chi connectivity index (χ0) is 18.1. The molecule has 0 amide bonds. The van der Waals surface area contributed by atoms with Gasteiger partial charge in [0, 0.05) is 0 Å². The second-order valence-corrected chi connectivity index (χ2v) is 6.66. The highest BCUT2D eigenvalue weighted by molar-refractivity contribution is 5.80. The van der Waals surface area contributed by atoms with E-state index in [-0.39, 0.29) is 11.1 Å². The minimum Gasteiger partial charge on any atom is -0.383 e. The normalized spacial score (nSPS) is 17.0. The number of aromatic nitrogens is 6. The summed E-state index contributed by atoms with van der Waals surface area (Å²) in [6.07, 6.45) is 3.44. The van der Waals surface area contributed by atoms with Crippen molar-refractivity contribution in [3.05, 3.63) is 52.8 Å². The monoisotopic (exact) mass is 352 g/mol. The van der Waals surface area contributed by atoms with Crippen molar-refractivity contribution in [2.24, 2.45) is 0 Å². The number of aliphatic hydroxyl groups excluding tert-OH is 1. The van der Waals surface area contributed by atoms with Gasteiger partial charge in [-0.2, -0.15) is 4.68 Å². The Labute approximate surface area is 146 Å². The molecule has 0 bridgehead atoms. The summed E-state index contributed by atoms with van der Waals surface area (Å²) < 4.78 is 4.39. The molecule has 1 saturated carbocycles. The molecule has 0 spiro atoms. The largest absolute Gasteiger partial charge is 0.383 e. The first kappa shape index (κ1) is 15.2. The summed E-state index contributed by atoms with van der Waals surface area (Å²) in [5.74, 6) is 0.304. The minimum atomic E-state index is -1.00. The summed E-state index contributed by atoms with van der Waals surface area (Å²) in [6.45, 7) is 1.54. The topological polar surface area (TPSA) is 110 Å². The Morgan fingerprint density at radius 3 is 2.65 bits per heavy atom. The van der Waals surface area contributed by atoms with Crippen molar-refractivity contribution in [1.82, 2.24) is 28.9 Å². The molecule has 2 N–H and O–H groups in total. The average molecular weight is 352 g/mol. The Balaban J connectivity index is 1.83. The molecule has 4 aromatic rings. The predicted octanol–water partition coefficient (Wildman–Crippen LogP) is 0.722. The molecule has 1 fully saturated rings. The molecule has 0 saturated heterocycles. The SMILES string of the molecule is CC(O)n1c(=O)c2c(-n3cc(C4(O)CC4)nn3)ncn2c2ccccc21. The van der Waals surface area contributed by atoms with Gasteiger partial charge in [-0.3, -0.25) is 13.8 Å². The molecule has 9 nitrogen and oxygen atoms in total. The summed E-state index contributed by atoms with van der Waals surface area (Å²) in [6, 6.07) is 7.30. The Hall–Kier alpha value is -3.04. The van der Waals surface area contributed by atoms with Gasteiger partial charge in [-0.1, -0.05) is 17.3 Å². The van der Waals surface area contributed by atoms with E-state index in [9.17, 15) is 15.0 Å². The molecule has 132 valence electrons. The third kappa shape index (κ3) is 1.98. The van der Waals surface area contributed by atoms with Gasteiger partial charge in [0.25, 0.3) is 5.56 Å². The van der Waals surface area contributed by atoms with Crippen molar-refractivity contribution in [1.29, 1.82) is 0 Å². The van der Waals surface area contributed by atoms with Crippen LogP contribution in [0.3, 0.4) is 0 Å². The number of fused-ring (bicyclic) bond motifs is 3. The van der Waals surface area contributed by atoms with Crippen LogP contribution in [0.1, 0.15) is 31.7 Å². The van der Waals surface area contributed by atoms with Crippen molar-refractivity contribution in [2.75, 3.05) is 0 Å². The van der Waals surface area contributed by atoms with E-state index in [1.807, 2.05) is 18.2 Å². The first-order chi connectivity index (χ1) is 12.5. The second-order valence-electron chi connectivity index (χ2n) is 6.66. The third-order valence-electron chi connectivity index (χ3n) is 4.85. The Bertz CT molecular complexity index is 1210. The number of aliphatic hydroxyl groups is 2. The molecule has 26 heavy (non-hydrogen) atoms. The van der Waals surface area contributed by atoms with Gasteiger partial charge in [0.05, 0.1) is 17.2 Å². The van der Waals surface area contributed by atoms with Crippen LogP contribution in [0.2, 0.25) is 0 Å². The van der Waals surface area contributed by atoms with E-state index in [1.54, 1.807) is 23.0 Å². The molecule has 9 heteroatoms.